The minimum Gasteiger partial charge on any atom is -0.366 e. The van der Waals surface area contributed by atoms with Crippen molar-refractivity contribution in [3.63, 3.8) is 0 Å². The number of amides is 2. The molecule has 1 aromatic rings. The van der Waals surface area contributed by atoms with E-state index in [0.717, 1.165) is 0 Å². The van der Waals surface area contributed by atoms with Crippen LogP contribution in [0.15, 0.2) is 11.4 Å². The second kappa shape index (κ2) is 5.07. The lowest BCUT2D eigenvalue weighted by molar-refractivity contribution is 0.0678. The van der Waals surface area contributed by atoms with Gasteiger partial charge in [-0.15, -0.1) is 11.3 Å². The normalized spacial score (nSPS) is 24.0. The summed E-state index contributed by atoms with van der Waals surface area (Å²) in [6.07, 6.45) is 0. The van der Waals surface area contributed by atoms with Crippen LogP contribution in [-0.4, -0.2) is 41.9 Å². The van der Waals surface area contributed by atoms with Crippen molar-refractivity contribution in [3.8, 4) is 0 Å². The lowest BCUT2D eigenvalue weighted by atomic mass is 10.1. The summed E-state index contributed by atoms with van der Waals surface area (Å²) in [6, 6.07) is 2.15. The number of rotatable bonds is 2. The molecule has 2 atom stereocenters. The molecule has 0 bridgehead atoms. The number of piperazine rings is 1. The number of primary amides is 1. The summed E-state index contributed by atoms with van der Waals surface area (Å²) in [4.78, 5) is 25.7. The first-order valence-corrected chi connectivity index (χ1v) is 6.79. The molecule has 1 saturated heterocycles. The topological polar surface area (TPSA) is 75.4 Å². The van der Waals surface area contributed by atoms with Gasteiger partial charge in [0.1, 0.15) is 0 Å². The monoisotopic (exact) mass is 267 g/mol. The van der Waals surface area contributed by atoms with Crippen molar-refractivity contribution >= 4 is 23.2 Å². The maximum Gasteiger partial charge on any atom is 0.264 e. The molecule has 1 aliphatic heterocycles. The first kappa shape index (κ1) is 13.0. The lowest BCUT2D eigenvalue weighted by Crippen LogP contribution is -2.55. The zero-order chi connectivity index (χ0) is 13.3. The summed E-state index contributed by atoms with van der Waals surface area (Å²) in [6.45, 7) is 5.48. The van der Waals surface area contributed by atoms with Gasteiger partial charge in [-0.2, -0.15) is 0 Å². The molecule has 1 aliphatic rings. The zero-order valence-electron chi connectivity index (χ0n) is 10.5. The van der Waals surface area contributed by atoms with E-state index in [4.69, 9.17) is 5.73 Å². The number of nitrogens with two attached hydrogens (primary N) is 1. The van der Waals surface area contributed by atoms with Gasteiger partial charge in [-0.3, -0.25) is 9.59 Å². The fourth-order valence-corrected chi connectivity index (χ4v) is 3.09. The first-order chi connectivity index (χ1) is 8.47. The van der Waals surface area contributed by atoms with E-state index < -0.39 is 5.91 Å². The quantitative estimate of drug-likeness (QED) is 0.827. The molecule has 1 fully saturated rings. The summed E-state index contributed by atoms with van der Waals surface area (Å²) >= 11 is 1.27. The number of hydrogen-bond acceptors (Lipinski definition) is 4. The van der Waals surface area contributed by atoms with E-state index >= 15 is 0 Å². The predicted molar refractivity (Wildman–Crippen MR) is 70.8 cm³/mol. The third-order valence-corrected chi connectivity index (χ3v) is 3.86. The number of carbonyl (C=O) groups excluding carboxylic acids is 2. The second-order valence-electron chi connectivity index (χ2n) is 4.74. The van der Waals surface area contributed by atoms with Crippen molar-refractivity contribution in [1.29, 1.82) is 0 Å². The molecular weight excluding hydrogens is 250 g/mol. The summed E-state index contributed by atoms with van der Waals surface area (Å²) < 4.78 is 0. The number of carbonyl (C=O) groups is 2. The summed E-state index contributed by atoms with van der Waals surface area (Å²) in [5.74, 6) is -0.514. The average molecular weight is 267 g/mol. The molecule has 0 aromatic carbocycles. The standard InChI is InChI=1S/C12H17N3O2S/c1-7-4-15(5-8(2)14-7)12(17)10-3-9(6-18-10)11(13)16/h3,6-8,14H,4-5H2,1-2H3,(H2,13,16)/t7-,8-/m0/s1. The molecular formula is C12H17N3O2S. The fraction of sp³-hybridized carbons (Fsp3) is 0.500. The van der Waals surface area contributed by atoms with Crippen molar-refractivity contribution in [3.05, 3.63) is 21.9 Å². The molecule has 0 unspecified atom stereocenters. The Morgan fingerprint density at radius 1 is 1.39 bits per heavy atom. The Labute approximate surface area is 110 Å². The molecule has 5 nitrogen and oxygen atoms in total. The first-order valence-electron chi connectivity index (χ1n) is 5.91. The molecule has 3 N–H and O–H groups in total. The molecule has 0 aliphatic carbocycles. The molecule has 0 spiro atoms. The SMILES string of the molecule is C[C@H]1CN(C(=O)c2cc(C(N)=O)cs2)C[C@H](C)N1. The van der Waals surface area contributed by atoms with Gasteiger partial charge in [0, 0.05) is 30.6 Å². The highest BCUT2D eigenvalue weighted by molar-refractivity contribution is 7.12. The summed E-state index contributed by atoms with van der Waals surface area (Å²) in [7, 11) is 0. The van der Waals surface area contributed by atoms with Crippen molar-refractivity contribution in [2.45, 2.75) is 25.9 Å². The van der Waals surface area contributed by atoms with E-state index in [0.29, 0.717) is 23.5 Å². The maximum atomic E-state index is 12.3. The van der Waals surface area contributed by atoms with Gasteiger partial charge in [-0.05, 0) is 19.9 Å². The van der Waals surface area contributed by atoms with E-state index in [1.54, 1.807) is 11.4 Å². The van der Waals surface area contributed by atoms with Gasteiger partial charge in [0.05, 0.1) is 10.4 Å². The highest BCUT2D eigenvalue weighted by Crippen LogP contribution is 2.18. The highest BCUT2D eigenvalue weighted by Gasteiger charge is 2.26. The van der Waals surface area contributed by atoms with E-state index in [1.165, 1.54) is 11.3 Å². The van der Waals surface area contributed by atoms with Gasteiger partial charge in [0.25, 0.3) is 5.91 Å². The minimum atomic E-state index is -0.493. The number of thiophene rings is 1. The number of hydrogen-bond donors (Lipinski definition) is 2. The zero-order valence-corrected chi connectivity index (χ0v) is 11.3. The maximum absolute atomic E-state index is 12.3. The van der Waals surface area contributed by atoms with Crippen molar-refractivity contribution in [1.82, 2.24) is 10.2 Å². The van der Waals surface area contributed by atoms with Crippen LogP contribution >= 0.6 is 11.3 Å². The third kappa shape index (κ3) is 2.70. The van der Waals surface area contributed by atoms with Gasteiger partial charge >= 0.3 is 0 Å². The number of nitrogens with zero attached hydrogens (tertiary/aromatic N) is 1. The Kier molecular flexibility index (Phi) is 3.68. The van der Waals surface area contributed by atoms with Crippen LogP contribution in [0, 0.1) is 0 Å². The number of nitrogens with one attached hydrogen (secondary N) is 1. The summed E-state index contributed by atoms with van der Waals surface area (Å²) in [5.41, 5.74) is 5.59. The molecule has 18 heavy (non-hydrogen) atoms. The average Bonchev–Trinajstić information content (AvgIpc) is 2.75. The predicted octanol–water partition coefficient (Wildman–Crippen LogP) is 0.669. The van der Waals surface area contributed by atoms with Crippen LogP contribution in [0.25, 0.3) is 0 Å². The Morgan fingerprint density at radius 2 is 2.00 bits per heavy atom. The lowest BCUT2D eigenvalue weighted by Gasteiger charge is -2.35. The van der Waals surface area contributed by atoms with E-state index in [1.807, 2.05) is 4.90 Å². The van der Waals surface area contributed by atoms with Crippen molar-refractivity contribution in [2.24, 2.45) is 5.73 Å². The third-order valence-electron chi connectivity index (χ3n) is 2.94. The van der Waals surface area contributed by atoms with Crippen LogP contribution in [0.1, 0.15) is 33.9 Å². The van der Waals surface area contributed by atoms with Gasteiger partial charge in [0.2, 0.25) is 5.91 Å². The van der Waals surface area contributed by atoms with Crippen LogP contribution < -0.4 is 11.1 Å². The Balaban J connectivity index is 2.12. The largest absolute Gasteiger partial charge is 0.366 e. The second-order valence-corrected chi connectivity index (χ2v) is 5.65. The molecule has 98 valence electrons. The van der Waals surface area contributed by atoms with Gasteiger partial charge in [-0.25, -0.2) is 0 Å². The van der Waals surface area contributed by atoms with Gasteiger partial charge < -0.3 is 16.0 Å². The van der Waals surface area contributed by atoms with Crippen molar-refractivity contribution < 1.29 is 9.59 Å². The smallest absolute Gasteiger partial charge is 0.264 e. The molecule has 6 heteroatoms. The molecule has 2 rings (SSSR count). The molecule has 2 heterocycles. The van der Waals surface area contributed by atoms with Gasteiger partial charge in [0.15, 0.2) is 0 Å². The molecule has 0 saturated carbocycles. The fourth-order valence-electron chi connectivity index (χ4n) is 2.23. The van der Waals surface area contributed by atoms with Crippen LogP contribution in [0.5, 0.6) is 0 Å². The van der Waals surface area contributed by atoms with E-state index in [-0.39, 0.29) is 18.0 Å². The van der Waals surface area contributed by atoms with Crippen LogP contribution in [0.2, 0.25) is 0 Å². The minimum absolute atomic E-state index is 0.0206. The van der Waals surface area contributed by atoms with E-state index in [9.17, 15) is 9.59 Å². The highest BCUT2D eigenvalue weighted by atomic mass is 32.1. The Morgan fingerprint density at radius 3 is 2.50 bits per heavy atom. The van der Waals surface area contributed by atoms with Crippen LogP contribution in [-0.2, 0) is 0 Å². The Bertz CT molecular complexity index is 462. The van der Waals surface area contributed by atoms with Crippen LogP contribution in [0.4, 0.5) is 0 Å². The molecule has 2 amide bonds. The summed E-state index contributed by atoms with van der Waals surface area (Å²) in [5, 5.41) is 5.00. The Hall–Kier alpha value is -1.40. The van der Waals surface area contributed by atoms with Crippen LogP contribution in [0.3, 0.4) is 0 Å². The molecule has 0 radical (unpaired) electrons. The van der Waals surface area contributed by atoms with Crippen molar-refractivity contribution in [2.75, 3.05) is 13.1 Å². The molecule has 1 aromatic heterocycles. The van der Waals surface area contributed by atoms with E-state index in [2.05, 4.69) is 19.2 Å². The van der Waals surface area contributed by atoms with Gasteiger partial charge in [-0.1, -0.05) is 0 Å².